The molecule has 0 saturated heterocycles. The van der Waals surface area contributed by atoms with Crippen LogP contribution in [0.5, 0.6) is 6.01 Å². The summed E-state index contributed by atoms with van der Waals surface area (Å²) in [6.07, 6.45) is 0.553. The quantitative estimate of drug-likeness (QED) is 0.276. The van der Waals surface area contributed by atoms with Crippen LogP contribution in [0.15, 0.2) is 42.5 Å². The summed E-state index contributed by atoms with van der Waals surface area (Å²) in [5.74, 6) is 0.527. The van der Waals surface area contributed by atoms with Crippen LogP contribution in [0.3, 0.4) is 0 Å². The molecule has 0 saturated carbocycles. The van der Waals surface area contributed by atoms with Gasteiger partial charge in [0.25, 0.3) is 5.91 Å². The number of methoxy groups -OCH3 is 1. The van der Waals surface area contributed by atoms with Crippen molar-refractivity contribution >= 4 is 35.5 Å². The molecule has 11 nitrogen and oxygen atoms in total. The van der Waals surface area contributed by atoms with Gasteiger partial charge in [-0.05, 0) is 23.2 Å². The van der Waals surface area contributed by atoms with E-state index in [9.17, 15) is 14.8 Å². The smallest absolute Gasteiger partial charge is 0.468 e. The predicted octanol–water partition coefficient (Wildman–Crippen LogP) is 0.172. The van der Waals surface area contributed by atoms with Gasteiger partial charge in [-0.1, -0.05) is 37.3 Å². The van der Waals surface area contributed by atoms with E-state index >= 15 is 0 Å². The van der Waals surface area contributed by atoms with Gasteiger partial charge < -0.3 is 25.8 Å². The Labute approximate surface area is 189 Å². The van der Waals surface area contributed by atoms with Crippen molar-refractivity contribution in [3.8, 4) is 12.0 Å². The molecule has 0 radical (unpaired) electrons. The van der Waals surface area contributed by atoms with Gasteiger partial charge in [0.05, 0.1) is 18.2 Å². The molecule has 0 atom stereocenters. The van der Waals surface area contributed by atoms with Gasteiger partial charge in [-0.2, -0.15) is 19.9 Å². The summed E-state index contributed by atoms with van der Waals surface area (Å²) >= 11 is 0. The van der Waals surface area contributed by atoms with Gasteiger partial charge in [-0.25, -0.2) is 4.57 Å². The van der Waals surface area contributed by atoms with Gasteiger partial charge in [0, 0.05) is 13.0 Å². The second-order valence-electron chi connectivity index (χ2n) is 7.17. The highest BCUT2D eigenvalue weighted by molar-refractivity contribution is 6.58. The molecule has 0 spiro atoms. The van der Waals surface area contributed by atoms with Crippen LogP contribution in [-0.4, -0.2) is 54.7 Å². The number of anilines is 1. The summed E-state index contributed by atoms with van der Waals surface area (Å²) in [5.41, 5.74) is 7.92. The number of aromatic nitrogens is 5. The van der Waals surface area contributed by atoms with Gasteiger partial charge >= 0.3 is 13.1 Å². The number of rotatable bonds is 8. The molecular weight excluding hydrogens is 425 g/mol. The monoisotopic (exact) mass is 447 g/mol. The van der Waals surface area contributed by atoms with Crippen molar-refractivity contribution in [1.82, 2.24) is 24.5 Å². The van der Waals surface area contributed by atoms with Gasteiger partial charge in [-0.3, -0.25) is 4.79 Å². The van der Waals surface area contributed by atoms with E-state index < -0.39 is 13.0 Å². The lowest BCUT2D eigenvalue weighted by Gasteiger charge is -2.11. The molecule has 0 aliphatic rings. The zero-order chi connectivity index (χ0) is 23.5. The summed E-state index contributed by atoms with van der Waals surface area (Å²) in [6, 6.07) is 12.1. The van der Waals surface area contributed by atoms with Crippen molar-refractivity contribution < 1.29 is 19.6 Å². The van der Waals surface area contributed by atoms with E-state index in [0.717, 1.165) is 5.56 Å². The number of carbonyl (C=O) groups is 1. The fraction of sp³-hybridized carbons (Fsp3) is 0.190. The molecular formula is C21H22BN7O4. The number of carbonyl (C=O) groups excluding carboxylic acids is 1. The summed E-state index contributed by atoms with van der Waals surface area (Å²) < 4.78 is 7.02. The number of imidazole rings is 1. The fourth-order valence-electron chi connectivity index (χ4n) is 3.40. The number of para-hydroxylation sites is 1. The third-order valence-electron chi connectivity index (χ3n) is 4.99. The third kappa shape index (κ3) is 4.47. The second kappa shape index (κ2) is 9.22. The fourth-order valence-corrected chi connectivity index (χ4v) is 3.40. The molecule has 2 heterocycles. The molecule has 33 heavy (non-hydrogen) atoms. The number of aryl methyl sites for hydroxylation is 1. The second-order valence-corrected chi connectivity index (χ2v) is 7.17. The lowest BCUT2D eigenvalue weighted by Crippen LogP contribution is -2.30. The molecule has 5 N–H and O–H groups in total. The highest BCUT2D eigenvalue weighted by Gasteiger charge is 2.20. The zero-order valence-electron chi connectivity index (χ0n) is 18.1. The van der Waals surface area contributed by atoms with E-state index in [1.807, 2.05) is 13.0 Å². The standard InChI is InChI=1S/C21H22BN7O4/c1-3-16-25-19(24-11-12-6-4-7-13(10-12)22(31)32)28-20(26-16)29-15-9-5-8-14(18(23)30)17(15)27-21(29)33-2/h4-10,31-32H,3,11H2,1-2H3,(H2,23,30)(H,24,25,26,28). The molecule has 0 aliphatic carbocycles. The van der Waals surface area contributed by atoms with E-state index in [-0.39, 0.29) is 17.5 Å². The van der Waals surface area contributed by atoms with Crippen LogP contribution in [0.2, 0.25) is 0 Å². The number of nitrogens with two attached hydrogens (primary N) is 1. The van der Waals surface area contributed by atoms with Crippen molar-refractivity contribution in [2.75, 3.05) is 12.4 Å². The van der Waals surface area contributed by atoms with E-state index in [0.29, 0.717) is 41.2 Å². The number of ether oxygens (including phenoxy) is 1. The maximum Gasteiger partial charge on any atom is 0.488 e. The van der Waals surface area contributed by atoms with Crippen LogP contribution < -0.4 is 21.3 Å². The minimum atomic E-state index is -1.55. The molecule has 2 aromatic carbocycles. The minimum Gasteiger partial charge on any atom is -0.468 e. The number of hydrogen-bond acceptors (Lipinski definition) is 9. The Morgan fingerprint density at radius 3 is 2.64 bits per heavy atom. The number of primary amides is 1. The van der Waals surface area contributed by atoms with Crippen molar-refractivity contribution in [3.05, 3.63) is 59.4 Å². The van der Waals surface area contributed by atoms with E-state index in [2.05, 4.69) is 25.3 Å². The van der Waals surface area contributed by atoms with E-state index in [4.69, 9.17) is 10.5 Å². The number of hydrogen-bond donors (Lipinski definition) is 4. The Balaban J connectivity index is 1.75. The van der Waals surface area contributed by atoms with Crippen LogP contribution in [0.1, 0.15) is 28.7 Å². The maximum absolute atomic E-state index is 11.9. The average Bonchev–Trinajstić information content (AvgIpc) is 3.21. The van der Waals surface area contributed by atoms with Crippen molar-refractivity contribution in [2.45, 2.75) is 19.9 Å². The van der Waals surface area contributed by atoms with Crippen LogP contribution in [0, 0.1) is 0 Å². The summed E-state index contributed by atoms with van der Waals surface area (Å²) in [4.78, 5) is 29.7. The molecule has 0 unspecified atom stereocenters. The number of benzene rings is 2. The Kier molecular flexibility index (Phi) is 6.20. The number of nitrogens with one attached hydrogen (secondary N) is 1. The summed E-state index contributed by atoms with van der Waals surface area (Å²) in [7, 11) is -0.0848. The Hall–Kier alpha value is -4.03. The molecule has 4 aromatic rings. The van der Waals surface area contributed by atoms with Crippen LogP contribution in [-0.2, 0) is 13.0 Å². The normalized spacial score (nSPS) is 10.9. The Bertz CT molecular complexity index is 1330. The summed E-state index contributed by atoms with van der Waals surface area (Å²) in [5, 5.41) is 21.9. The Morgan fingerprint density at radius 1 is 1.15 bits per heavy atom. The zero-order valence-corrected chi connectivity index (χ0v) is 18.1. The van der Waals surface area contributed by atoms with Crippen molar-refractivity contribution in [3.63, 3.8) is 0 Å². The first-order valence-corrected chi connectivity index (χ1v) is 10.2. The molecule has 0 bridgehead atoms. The number of fused-ring (bicyclic) bond motifs is 1. The van der Waals surface area contributed by atoms with Crippen molar-refractivity contribution in [1.29, 1.82) is 0 Å². The van der Waals surface area contributed by atoms with Gasteiger partial charge in [0.2, 0.25) is 11.9 Å². The molecule has 4 rings (SSSR count). The maximum atomic E-state index is 11.9. The molecule has 12 heteroatoms. The Morgan fingerprint density at radius 2 is 1.94 bits per heavy atom. The summed E-state index contributed by atoms with van der Waals surface area (Å²) in [6.45, 7) is 2.27. The highest BCUT2D eigenvalue weighted by Crippen LogP contribution is 2.27. The van der Waals surface area contributed by atoms with Gasteiger partial charge in [-0.15, -0.1) is 0 Å². The first-order chi connectivity index (χ1) is 15.9. The van der Waals surface area contributed by atoms with Crippen LogP contribution in [0.25, 0.3) is 17.0 Å². The van der Waals surface area contributed by atoms with E-state index in [1.165, 1.54) is 7.11 Å². The molecule has 168 valence electrons. The number of nitrogens with zero attached hydrogens (tertiary/aromatic N) is 5. The van der Waals surface area contributed by atoms with Crippen molar-refractivity contribution in [2.24, 2.45) is 5.73 Å². The molecule has 1 amide bonds. The largest absolute Gasteiger partial charge is 0.488 e. The topological polar surface area (TPSA) is 161 Å². The predicted molar refractivity (Wildman–Crippen MR) is 122 cm³/mol. The van der Waals surface area contributed by atoms with Gasteiger partial charge in [0.15, 0.2) is 0 Å². The van der Waals surface area contributed by atoms with Crippen LogP contribution >= 0.6 is 0 Å². The van der Waals surface area contributed by atoms with Gasteiger partial charge in [0.1, 0.15) is 11.3 Å². The first-order valence-electron chi connectivity index (χ1n) is 10.2. The molecule has 2 aromatic heterocycles. The lowest BCUT2D eigenvalue weighted by atomic mass is 9.80. The van der Waals surface area contributed by atoms with Crippen LogP contribution in [0.4, 0.5) is 5.95 Å². The third-order valence-corrected chi connectivity index (χ3v) is 4.99. The minimum absolute atomic E-state index is 0.197. The first kappa shape index (κ1) is 22.2. The highest BCUT2D eigenvalue weighted by atomic mass is 16.5. The molecule has 0 fully saturated rings. The number of amides is 1. The SMILES string of the molecule is CCc1nc(NCc2cccc(B(O)O)c2)nc(-n2c(OC)nc3c(C(N)=O)cccc32)n1. The van der Waals surface area contributed by atoms with E-state index in [1.54, 1.807) is 41.0 Å². The lowest BCUT2D eigenvalue weighted by molar-refractivity contribution is 0.100. The average molecular weight is 447 g/mol. The molecule has 0 aliphatic heterocycles.